The average molecular weight is 282 g/mol. The third-order valence-electron chi connectivity index (χ3n) is 3.26. The molecule has 2 aromatic heterocycles. The van der Waals surface area contributed by atoms with E-state index in [1.165, 1.54) is 0 Å². The van der Waals surface area contributed by atoms with Crippen LogP contribution in [-0.4, -0.2) is 34.4 Å². The van der Waals surface area contributed by atoms with Gasteiger partial charge in [-0.15, -0.1) is 0 Å². The highest BCUT2D eigenvalue weighted by Crippen LogP contribution is 2.19. The highest BCUT2D eigenvalue weighted by molar-refractivity contribution is 6.04. The van der Waals surface area contributed by atoms with E-state index in [9.17, 15) is 4.79 Å². The molecule has 1 aromatic carbocycles. The van der Waals surface area contributed by atoms with E-state index in [1.54, 1.807) is 48.2 Å². The maximum Gasteiger partial charge on any atom is 0.278 e. The highest BCUT2D eigenvalue weighted by Gasteiger charge is 2.15. The summed E-state index contributed by atoms with van der Waals surface area (Å²) in [5.74, 6) is 0.563. The zero-order chi connectivity index (χ0) is 14.8. The Morgan fingerprint density at radius 1 is 1.24 bits per heavy atom. The minimum Gasteiger partial charge on any atom is -0.497 e. The molecule has 106 valence electrons. The highest BCUT2D eigenvalue weighted by atomic mass is 16.5. The Kier molecular flexibility index (Phi) is 3.27. The maximum absolute atomic E-state index is 12.5. The molecule has 0 saturated carbocycles. The third kappa shape index (κ3) is 2.43. The van der Waals surface area contributed by atoms with Gasteiger partial charge in [0.2, 0.25) is 0 Å². The second-order valence-corrected chi connectivity index (χ2v) is 4.53. The number of carbonyl (C=O) groups is 1. The van der Waals surface area contributed by atoms with Crippen molar-refractivity contribution in [2.24, 2.45) is 0 Å². The summed E-state index contributed by atoms with van der Waals surface area (Å²) < 4.78 is 6.87. The second-order valence-electron chi connectivity index (χ2n) is 4.53. The van der Waals surface area contributed by atoms with Crippen LogP contribution in [-0.2, 0) is 0 Å². The lowest BCUT2D eigenvalue weighted by molar-refractivity contribution is 0.0988. The molecule has 0 saturated heterocycles. The lowest BCUT2D eigenvalue weighted by Gasteiger charge is -2.17. The Morgan fingerprint density at radius 3 is 2.71 bits per heavy atom. The van der Waals surface area contributed by atoms with Crippen LogP contribution in [0.25, 0.3) is 5.65 Å². The standard InChI is InChI=1S/C15H14N4O2/c1-18(11-3-5-12(21-2)6-4-11)15(20)13-10-19-8-7-16-14(19)9-17-13/h3-10H,1-2H3. The molecule has 0 radical (unpaired) electrons. The number of imidazole rings is 1. The molecular formula is C15H14N4O2. The largest absolute Gasteiger partial charge is 0.497 e. The van der Waals surface area contributed by atoms with Crippen molar-refractivity contribution in [1.29, 1.82) is 0 Å². The smallest absolute Gasteiger partial charge is 0.278 e. The van der Waals surface area contributed by atoms with Crippen molar-refractivity contribution in [3.8, 4) is 5.75 Å². The molecule has 0 N–H and O–H groups in total. The van der Waals surface area contributed by atoms with Crippen molar-refractivity contribution in [2.75, 3.05) is 19.1 Å². The average Bonchev–Trinajstić information content (AvgIpc) is 3.01. The van der Waals surface area contributed by atoms with E-state index in [4.69, 9.17) is 4.74 Å². The molecule has 0 atom stereocenters. The van der Waals surface area contributed by atoms with Crippen molar-refractivity contribution in [1.82, 2.24) is 14.4 Å². The molecule has 6 heteroatoms. The quantitative estimate of drug-likeness (QED) is 0.737. The number of benzene rings is 1. The molecule has 3 rings (SSSR count). The summed E-state index contributed by atoms with van der Waals surface area (Å²) in [6.07, 6.45) is 6.69. The fourth-order valence-electron chi connectivity index (χ4n) is 2.03. The lowest BCUT2D eigenvalue weighted by atomic mass is 10.2. The molecule has 21 heavy (non-hydrogen) atoms. The summed E-state index contributed by atoms with van der Waals surface area (Å²) in [6, 6.07) is 7.27. The van der Waals surface area contributed by atoms with Crippen LogP contribution in [0.4, 0.5) is 5.69 Å². The zero-order valence-corrected chi connectivity index (χ0v) is 11.7. The maximum atomic E-state index is 12.5. The first kappa shape index (κ1) is 13.1. The van der Waals surface area contributed by atoms with Gasteiger partial charge in [0.25, 0.3) is 5.91 Å². The Balaban J connectivity index is 1.88. The van der Waals surface area contributed by atoms with Gasteiger partial charge in [0.05, 0.1) is 13.3 Å². The number of aromatic nitrogens is 3. The number of hydrogen-bond donors (Lipinski definition) is 0. The van der Waals surface area contributed by atoms with Crippen LogP contribution < -0.4 is 9.64 Å². The minimum atomic E-state index is -0.184. The van der Waals surface area contributed by atoms with Crippen LogP contribution in [0.15, 0.2) is 49.1 Å². The van der Waals surface area contributed by atoms with Crippen molar-refractivity contribution >= 4 is 17.2 Å². The van der Waals surface area contributed by atoms with Crippen molar-refractivity contribution in [3.63, 3.8) is 0 Å². The van der Waals surface area contributed by atoms with E-state index in [0.717, 1.165) is 11.4 Å². The van der Waals surface area contributed by atoms with Gasteiger partial charge in [-0.2, -0.15) is 0 Å². The van der Waals surface area contributed by atoms with E-state index in [-0.39, 0.29) is 5.91 Å². The van der Waals surface area contributed by atoms with Crippen LogP contribution in [0.1, 0.15) is 10.5 Å². The normalized spacial score (nSPS) is 10.6. The first-order valence-corrected chi connectivity index (χ1v) is 6.40. The van der Waals surface area contributed by atoms with Crippen LogP contribution in [0.5, 0.6) is 5.75 Å². The molecule has 6 nitrogen and oxygen atoms in total. The third-order valence-corrected chi connectivity index (χ3v) is 3.26. The SMILES string of the molecule is COc1ccc(N(C)C(=O)c2cn3ccnc3cn2)cc1. The number of anilines is 1. The molecule has 0 aliphatic carbocycles. The summed E-state index contributed by atoms with van der Waals surface area (Å²) in [4.78, 5) is 22.3. The fraction of sp³-hybridized carbons (Fsp3) is 0.133. The first-order valence-electron chi connectivity index (χ1n) is 6.40. The topological polar surface area (TPSA) is 59.7 Å². The Bertz CT molecular complexity index is 780. The number of ether oxygens (including phenoxy) is 1. The molecule has 2 heterocycles. The molecule has 0 spiro atoms. The molecule has 0 fully saturated rings. The van der Waals surface area contributed by atoms with Gasteiger partial charge in [0.15, 0.2) is 5.65 Å². The lowest BCUT2D eigenvalue weighted by Crippen LogP contribution is -2.27. The molecule has 0 aliphatic heterocycles. The zero-order valence-electron chi connectivity index (χ0n) is 11.7. The Morgan fingerprint density at radius 2 is 2.00 bits per heavy atom. The predicted molar refractivity (Wildman–Crippen MR) is 78.7 cm³/mol. The van der Waals surface area contributed by atoms with Crippen LogP contribution in [0, 0.1) is 0 Å². The van der Waals surface area contributed by atoms with E-state index in [1.807, 2.05) is 24.3 Å². The molecule has 0 bridgehead atoms. The number of carbonyl (C=O) groups excluding carboxylic acids is 1. The van der Waals surface area contributed by atoms with Crippen molar-refractivity contribution in [2.45, 2.75) is 0 Å². The minimum absolute atomic E-state index is 0.184. The van der Waals surface area contributed by atoms with E-state index in [2.05, 4.69) is 9.97 Å². The number of amides is 1. The van der Waals surface area contributed by atoms with Gasteiger partial charge < -0.3 is 14.0 Å². The number of nitrogens with zero attached hydrogens (tertiary/aromatic N) is 4. The van der Waals surface area contributed by atoms with Gasteiger partial charge in [-0.3, -0.25) is 4.79 Å². The number of hydrogen-bond acceptors (Lipinski definition) is 4. The second kappa shape index (κ2) is 5.24. The van der Waals surface area contributed by atoms with E-state index in [0.29, 0.717) is 11.3 Å². The molecule has 1 amide bonds. The monoisotopic (exact) mass is 282 g/mol. The van der Waals surface area contributed by atoms with Gasteiger partial charge in [0.1, 0.15) is 11.4 Å². The summed E-state index contributed by atoms with van der Waals surface area (Å²) in [6.45, 7) is 0. The molecule has 3 aromatic rings. The number of rotatable bonds is 3. The Hall–Kier alpha value is -2.89. The van der Waals surface area contributed by atoms with Crippen LogP contribution in [0.2, 0.25) is 0 Å². The fourth-order valence-corrected chi connectivity index (χ4v) is 2.03. The van der Waals surface area contributed by atoms with Gasteiger partial charge in [-0.25, -0.2) is 9.97 Å². The van der Waals surface area contributed by atoms with Gasteiger partial charge in [-0.1, -0.05) is 0 Å². The number of methoxy groups -OCH3 is 1. The van der Waals surface area contributed by atoms with Gasteiger partial charge >= 0.3 is 0 Å². The molecule has 0 aliphatic rings. The molecule has 0 unspecified atom stereocenters. The number of fused-ring (bicyclic) bond motifs is 1. The van der Waals surface area contributed by atoms with Gasteiger partial charge in [0, 0.05) is 31.3 Å². The van der Waals surface area contributed by atoms with E-state index < -0.39 is 0 Å². The van der Waals surface area contributed by atoms with Crippen LogP contribution >= 0.6 is 0 Å². The predicted octanol–water partition coefficient (Wildman–Crippen LogP) is 2.01. The van der Waals surface area contributed by atoms with E-state index >= 15 is 0 Å². The summed E-state index contributed by atoms with van der Waals surface area (Å²) >= 11 is 0. The molecular weight excluding hydrogens is 268 g/mol. The van der Waals surface area contributed by atoms with Gasteiger partial charge in [-0.05, 0) is 24.3 Å². The van der Waals surface area contributed by atoms with Crippen molar-refractivity contribution in [3.05, 3.63) is 54.7 Å². The Labute approximate surface area is 121 Å². The first-order chi connectivity index (χ1) is 10.2. The summed E-state index contributed by atoms with van der Waals surface area (Å²) in [5, 5.41) is 0. The van der Waals surface area contributed by atoms with Crippen molar-refractivity contribution < 1.29 is 9.53 Å². The van der Waals surface area contributed by atoms with Crippen LogP contribution in [0.3, 0.4) is 0 Å². The summed E-state index contributed by atoms with van der Waals surface area (Å²) in [5.41, 5.74) is 1.84. The summed E-state index contributed by atoms with van der Waals surface area (Å²) in [7, 11) is 3.32.